The average Bonchev–Trinajstić information content (AvgIpc) is 3.59. The summed E-state index contributed by atoms with van der Waals surface area (Å²) >= 11 is 0. The molecule has 3 amide bonds. The number of H-pyrrole nitrogens is 1. The molecule has 1 aromatic heterocycles. The Kier molecular flexibility index (Phi) is 4.54. The number of imide groups is 1. The Morgan fingerprint density at radius 3 is 2.46 bits per heavy atom. The third-order valence-electron chi connectivity index (χ3n) is 8.28. The lowest BCUT2D eigenvalue weighted by Crippen LogP contribution is -2.53. The highest BCUT2D eigenvalue weighted by molar-refractivity contribution is 6.25. The van der Waals surface area contributed by atoms with Crippen LogP contribution in [-0.4, -0.2) is 28.7 Å². The third kappa shape index (κ3) is 2.95. The van der Waals surface area contributed by atoms with Gasteiger partial charge in [-0.2, -0.15) is 0 Å². The number of aromatic nitrogens is 1. The number of carbonyl (C=O) groups excluding carboxylic acids is 3. The zero-order valence-electron chi connectivity index (χ0n) is 20.5. The van der Waals surface area contributed by atoms with Crippen LogP contribution in [0.3, 0.4) is 0 Å². The molecule has 4 aromatic rings. The zero-order valence-corrected chi connectivity index (χ0v) is 20.5. The molecule has 0 unspecified atom stereocenters. The Bertz CT molecular complexity index is 1620. The highest BCUT2D eigenvalue weighted by Crippen LogP contribution is 2.54. The second-order valence-electron chi connectivity index (χ2n) is 10.5. The van der Waals surface area contributed by atoms with E-state index in [9.17, 15) is 14.4 Å². The molecule has 3 N–H and O–H groups in total. The minimum atomic E-state index is -1.31. The molecule has 7 nitrogen and oxygen atoms in total. The largest absolute Gasteiger partial charge is 0.361 e. The first kappa shape index (κ1) is 22.0. The molecule has 7 rings (SSSR count). The number of aromatic amines is 1. The Labute approximate surface area is 213 Å². The molecule has 3 aromatic carbocycles. The van der Waals surface area contributed by atoms with Crippen LogP contribution in [0.15, 0.2) is 72.9 Å². The maximum atomic E-state index is 14.1. The minimum absolute atomic E-state index is 0.262. The number of anilines is 2. The number of aryl methyl sites for hydroxylation is 2. The Morgan fingerprint density at radius 2 is 1.65 bits per heavy atom. The van der Waals surface area contributed by atoms with Gasteiger partial charge >= 0.3 is 0 Å². The summed E-state index contributed by atoms with van der Waals surface area (Å²) in [4.78, 5) is 46.5. The van der Waals surface area contributed by atoms with Gasteiger partial charge in [-0.15, -0.1) is 0 Å². The lowest BCUT2D eigenvalue weighted by Gasteiger charge is -2.29. The van der Waals surface area contributed by atoms with Crippen molar-refractivity contribution < 1.29 is 14.4 Å². The molecule has 184 valence electrons. The number of nitrogens with zero attached hydrogens (tertiary/aromatic N) is 1. The number of benzene rings is 3. The van der Waals surface area contributed by atoms with Crippen molar-refractivity contribution in [3.8, 4) is 0 Å². The van der Waals surface area contributed by atoms with E-state index in [1.165, 1.54) is 4.90 Å². The lowest BCUT2D eigenvalue weighted by molar-refractivity contribution is -0.130. The summed E-state index contributed by atoms with van der Waals surface area (Å²) in [6, 6.07) is 20.8. The van der Waals surface area contributed by atoms with Crippen molar-refractivity contribution in [2.75, 3.05) is 10.2 Å². The van der Waals surface area contributed by atoms with Gasteiger partial charge in [-0.1, -0.05) is 53.6 Å². The molecule has 4 heterocycles. The minimum Gasteiger partial charge on any atom is -0.361 e. The number of hydrogen-bond acceptors (Lipinski definition) is 4. The number of hydrogen-bond donors (Lipinski definition) is 3. The zero-order chi connectivity index (χ0) is 25.5. The summed E-state index contributed by atoms with van der Waals surface area (Å²) < 4.78 is 0. The van der Waals surface area contributed by atoms with Gasteiger partial charge in [0.1, 0.15) is 5.54 Å². The van der Waals surface area contributed by atoms with Crippen LogP contribution in [-0.2, 0) is 26.3 Å². The maximum absolute atomic E-state index is 14.1. The summed E-state index contributed by atoms with van der Waals surface area (Å²) in [5.41, 5.74) is 4.73. The molecule has 2 saturated heterocycles. The second-order valence-corrected chi connectivity index (χ2v) is 10.5. The van der Waals surface area contributed by atoms with Crippen molar-refractivity contribution in [1.82, 2.24) is 10.3 Å². The van der Waals surface area contributed by atoms with Gasteiger partial charge in [0.05, 0.1) is 17.5 Å². The number of carbonyl (C=O) groups is 3. The molecule has 0 aliphatic carbocycles. The van der Waals surface area contributed by atoms with Gasteiger partial charge < -0.3 is 10.3 Å². The van der Waals surface area contributed by atoms with Crippen molar-refractivity contribution >= 4 is 40.0 Å². The highest BCUT2D eigenvalue weighted by Gasteiger charge is 2.70. The van der Waals surface area contributed by atoms with Crippen molar-refractivity contribution in [3.63, 3.8) is 0 Å². The molecular weight excluding hydrogens is 464 g/mol. The summed E-state index contributed by atoms with van der Waals surface area (Å²) in [6.07, 6.45) is 2.46. The SMILES string of the molecule is Cc1ccc(N2C(=O)[C@@H]3[C@H](Cc4c[nH]c5ccccc45)N[C@]4(C(=O)Nc5ccc(C)cc54)[C@@H]3C2=O)cc1. The van der Waals surface area contributed by atoms with Crippen LogP contribution in [0, 0.1) is 25.7 Å². The summed E-state index contributed by atoms with van der Waals surface area (Å²) in [7, 11) is 0. The van der Waals surface area contributed by atoms with Crippen molar-refractivity contribution in [1.29, 1.82) is 0 Å². The molecule has 0 radical (unpaired) electrons. The van der Waals surface area contributed by atoms with Gasteiger partial charge in [-0.3, -0.25) is 19.7 Å². The van der Waals surface area contributed by atoms with Crippen molar-refractivity contribution in [3.05, 3.63) is 95.2 Å². The molecule has 3 aliphatic heterocycles. The standard InChI is InChI=1S/C30H26N4O3/c1-16-7-10-19(11-8-16)34-27(35)25-24(14-18-15-31-22-6-4-3-5-20(18)22)33-30(26(25)28(34)36)21-13-17(2)9-12-23(21)32-29(30)37/h3-13,15,24-26,31,33H,14H2,1-2H3,(H,32,37)/t24-,25+,26-,30-/m0/s1. The van der Waals surface area contributed by atoms with Gasteiger partial charge in [0.2, 0.25) is 17.7 Å². The second kappa shape index (κ2) is 7.63. The third-order valence-corrected chi connectivity index (χ3v) is 8.28. The maximum Gasteiger partial charge on any atom is 0.250 e. The normalized spacial score (nSPS) is 26.3. The molecule has 0 bridgehead atoms. The van der Waals surface area contributed by atoms with Crippen LogP contribution in [0.4, 0.5) is 11.4 Å². The summed E-state index contributed by atoms with van der Waals surface area (Å²) in [6.45, 7) is 3.93. The summed E-state index contributed by atoms with van der Waals surface area (Å²) in [5.74, 6) is -2.41. The Balaban J connectivity index is 1.38. The first-order valence-corrected chi connectivity index (χ1v) is 12.6. The predicted octanol–water partition coefficient (Wildman–Crippen LogP) is 3.95. The van der Waals surface area contributed by atoms with Crippen LogP contribution >= 0.6 is 0 Å². The van der Waals surface area contributed by atoms with Crippen molar-refractivity contribution in [2.24, 2.45) is 11.8 Å². The van der Waals surface area contributed by atoms with Crippen LogP contribution in [0.5, 0.6) is 0 Å². The Hall–Kier alpha value is -4.23. The number of nitrogens with one attached hydrogen (secondary N) is 3. The van der Waals surface area contributed by atoms with Crippen LogP contribution in [0.25, 0.3) is 10.9 Å². The Morgan fingerprint density at radius 1 is 0.892 bits per heavy atom. The molecule has 4 atom stereocenters. The van der Waals surface area contributed by atoms with Crippen molar-refractivity contribution in [2.45, 2.75) is 31.8 Å². The van der Waals surface area contributed by atoms with E-state index in [0.29, 0.717) is 17.8 Å². The fraction of sp³-hybridized carbons (Fsp3) is 0.233. The van der Waals surface area contributed by atoms with Gasteiger partial charge in [0.15, 0.2) is 0 Å². The van der Waals surface area contributed by atoms with Gasteiger partial charge in [-0.25, -0.2) is 4.90 Å². The van der Waals surface area contributed by atoms with E-state index in [0.717, 1.165) is 33.2 Å². The number of rotatable bonds is 3. The van der Waals surface area contributed by atoms with E-state index in [1.54, 1.807) is 12.1 Å². The van der Waals surface area contributed by atoms with E-state index < -0.39 is 23.4 Å². The van der Waals surface area contributed by atoms with Gasteiger partial charge in [0.25, 0.3) is 0 Å². The molecule has 0 saturated carbocycles. The topological polar surface area (TPSA) is 94.3 Å². The molecule has 7 heteroatoms. The first-order chi connectivity index (χ1) is 17.9. The number of fused-ring (bicyclic) bond motifs is 5. The van der Waals surface area contributed by atoms with Crippen LogP contribution in [0.1, 0.15) is 22.3 Å². The number of para-hydroxylation sites is 1. The number of amides is 3. The fourth-order valence-corrected chi connectivity index (χ4v) is 6.58. The first-order valence-electron chi connectivity index (χ1n) is 12.6. The summed E-state index contributed by atoms with van der Waals surface area (Å²) in [5, 5.41) is 7.61. The van der Waals surface area contributed by atoms with E-state index >= 15 is 0 Å². The fourth-order valence-electron chi connectivity index (χ4n) is 6.58. The van der Waals surface area contributed by atoms with E-state index in [2.05, 4.69) is 15.6 Å². The molecule has 2 fully saturated rings. The van der Waals surface area contributed by atoms with Crippen LogP contribution < -0.4 is 15.5 Å². The monoisotopic (exact) mass is 490 g/mol. The van der Waals surface area contributed by atoms with E-state index in [4.69, 9.17) is 0 Å². The average molecular weight is 491 g/mol. The molecule has 3 aliphatic rings. The predicted molar refractivity (Wildman–Crippen MR) is 141 cm³/mol. The highest BCUT2D eigenvalue weighted by atomic mass is 16.2. The van der Waals surface area contributed by atoms with Gasteiger partial charge in [-0.05, 0) is 50.1 Å². The molecular formula is C30H26N4O3. The van der Waals surface area contributed by atoms with E-state index in [1.807, 2.05) is 74.6 Å². The van der Waals surface area contributed by atoms with Gasteiger partial charge in [0, 0.05) is 34.4 Å². The smallest absolute Gasteiger partial charge is 0.250 e. The lowest BCUT2D eigenvalue weighted by atomic mass is 9.76. The quantitative estimate of drug-likeness (QED) is 0.379. The van der Waals surface area contributed by atoms with E-state index in [-0.39, 0.29) is 17.7 Å². The molecule has 37 heavy (non-hydrogen) atoms. The van der Waals surface area contributed by atoms with Crippen LogP contribution in [0.2, 0.25) is 0 Å². The molecule has 1 spiro atoms.